The maximum Gasteiger partial charge on any atom is 0.164 e. The van der Waals surface area contributed by atoms with Crippen LogP contribution in [0.1, 0.15) is 0 Å². The van der Waals surface area contributed by atoms with Gasteiger partial charge in [0.15, 0.2) is 17.5 Å². The first-order valence-corrected chi connectivity index (χ1v) is 17.1. The lowest BCUT2D eigenvalue weighted by Crippen LogP contribution is -2.00. The molecule has 0 aliphatic heterocycles. The monoisotopic (exact) mass is 651 g/mol. The van der Waals surface area contributed by atoms with Crippen LogP contribution in [-0.4, -0.2) is 15.0 Å². The zero-order valence-corrected chi connectivity index (χ0v) is 27.5. The summed E-state index contributed by atoms with van der Waals surface area (Å²) < 4.78 is 6.45. The van der Waals surface area contributed by atoms with E-state index in [1.165, 1.54) is 27.5 Å². The first-order chi connectivity index (χ1) is 25.2. The second-order valence-corrected chi connectivity index (χ2v) is 12.8. The van der Waals surface area contributed by atoms with Gasteiger partial charge in [0.1, 0.15) is 11.2 Å². The van der Waals surface area contributed by atoms with Gasteiger partial charge in [-0.25, -0.2) is 15.0 Å². The number of benzene rings is 8. The molecule has 0 amide bonds. The van der Waals surface area contributed by atoms with Gasteiger partial charge in [0.25, 0.3) is 0 Å². The lowest BCUT2D eigenvalue weighted by molar-refractivity contribution is 0.669. The number of nitrogens with zero attached hydrogens (tertiary/aromatic N) is 3. The number of rotatable bonds is 5. The second-order valence-electron chi connectivity index (χ2n) is 12.8. The minimum absolute atomic E-state index is 0.610. The molecule has 10 rings (SSSR count). The zero-order chi connectivity index (χ0) is 33.7. The Morgan fingerprint density at radius 2 is 0.824 bits per heavy atom. The SMILES string of the molecule is c1ccc(-c2ccc(-c3nc(-c4ccccc4)nc(-c4ccc5oc6ccc7ccc(-c8cccc9ccccc89)cc7c6c5c4)n3)cc2)cc1. The van der Waals surface area contributed by atoms with Crippen molar-refractivity contribution in [3.63, 3.8) is 0 Å². The summed E-state index contributed by atoms with van der Waals surface area (Å²) in [5, 5.41) is 6.88. The highest BCUT2D eigenvalue weighted by atomic mass is 16.3. The molecular formula is C47H29N3O. The van der Waals surface area contributed by atoms with Gasteiger partial charge in [-0.3, -0.25) is 0 Å². The summed E-state index contributed by atoms with van der Waals surface area (Å²) in [6, 6.07) is 61.1. The standard InChI is InChI=1S/C47H29N3O/c1-3-10-30(11-4-1)31-18-21-35(22-19-31)46-48-45(34-13-5-2-6-14-34)49-47(50-46)37-25-26-42-41(29-37)44-40-28-36(23-20-33(40)24-27-43(44)51-42)39-17-9-15-32-12-7-8-16-38(32)39/h1-29H. The molecule has 0 saturated heterocycles. The Morgan fingerprint density at radius 1 is 0.314 bits per heavy atom. The molecule has 0 aliphatic carbocycles. The summed E-state index contributed by atoms with van der Waals surface area (Å²) in [4.78, 5) is 15.1. The van der Waals surface area contributed by atoms with Gasteiger partial charge in [-0.05, 0) is 74.1 Å². The molecule has 2 aromatic heterocycles. The van der Waals surface area contributed by atoms with E-state index in [4.69, 9.17) is 19.4 Å². The Bertz CT molecular complexity index is 2890. The third-order valence-corrected chi connectivity index (χ3v) is 9.73. The fourth-order valence-electron chi connectivity index (χ4n) is 7.17. The predicted molar refractivity (Wildman–Crippen MR) is 209 cm³/mol. The number of aromatic nitrogens is 3. The highest BCUT2D eigenvalue weighted by Gasteiger charge is 2.17. The molecule has 4 nitrogen and oxygen atoms in total. The molecule has 0 spiro atoms. The van der Waals surface area contributed by atoms with Crippen molar-refractivity contribution in [2.45, 2.75) is 0 Å². The summed E-state index contributed by atoms with van der Waals surface area (Å²) in [5.74, 6) is 1.87. The Balaban J connectivity index is 1.14. The van der Waals surface area contributed by atoms with E-state index < -0.39 is 0 Å². The normalized spacial score (nSPS) is 11.5. The first kappa shape index (κ1) is 29.0. The molecule has 0 fully saturated rings. The van der Waals surface area contributed by atoms with Gasteiger partial charge >= 0.3 is 0 Å². The smallest absolute Gasteiger partial charge is 0.164 e. The minimum atomic E-state index is 0.610. The summed E-state index contributed by atoms with van der Waals surface area (Å²) >= 11 is 0. The van der Waals surface area contributed by atoms with Crippen molar-refractivity contribution < 1.29 is 4.42 Å². The molecule has 0 radical (unpaired) electrons. The molecule has 8 aromatic carbocycles. The predicted octanol–water partition coefficient (Wildman–Crippen LogP) is 12.4. The number of hydrogen-bond acceptors (Lipinski definition) is 4. The van der Waals surface area contributed by atoms with Crippen molar-refractivity contribution >= 4 is 43.5 Å². The van der Waals surface area contributed by atoms with Gasteiger partial charge in [-0.1, -0.05) is 146 Å². The number of furan rings is 1. The summed E-state index contributed by atoms with van der Waals surface area (Å²) in [6.45, 7) is 0. The summed E-state index contributed by atoms with van der Waals surface area (Å²) in [6.07, 6.45) is 0. The van der Waals surface area contributed by atoms with Crippen molar-refractivity contribution in [2.75, 3.05) is 0 Å². The van der Waals surface area contributed by atoms with Gasteiger partial charge in [0, 0.05) is 27.5 Å². The van der Waals surface area contributed by atoms with E-state index in [0.29, 0.717) is 17.5 Å². The topological polar surface area (TPSA) is 51.8 Å². The Hall–Kier alpha value is -6.91. The first-order valence-electron chi connectivity index (χ1n) is 17.1. The third kappa shape index (κ3) is 5.13. The average Bonchev–Trinajstić information content (AvgIpc) is 3.60. The average molecular weight is 652 g/mol. The van der Waals surface area contributed by atoms with E-state index >= 15 is 0 Å². The van der Waals surface area contributed by atoms with Crippen molar-refractivity contribution in [3.8, 4) is 56.4 Å². The van der Waals surface area contributed by atoms with E-state index in [0.717, 1.165) is 55.0 Å². The Morgan fingerprint density at radius 3 is 1.61 bits per heavy atom. The van der Waals surface area contributed by atoms with Crippen LogP contribution in [0.4, 0.5) is 0 Å². The number of hydrogen-bond donors (Lipinski definition) is 0. The summed E-state index contributed by atoms with van der Waals surface area (Å²) in [7, 11) is 0. The lowest BCUT2D eigenvalue weighted by atomic mass is 9.94. The van der Waals surface area contributed by atoms with Gasteiger partial charge in [0.2, 0.25) is 0 Å². The maximum atomic E-state index is 6.45. The molecule has 0 atom stereocenters. The molecule has 0 bridgehead atoms. The van der Waals surface area contributed by atoms with Crippen molar-refractivity contribution in [1.82, 2.24) is 15.0 Å². The lowest BCUT2D eigenvalue weighted by Gasteiger charge is -2.10. The van der Waals surface area contributed by atoms with Crippen LogP contribution in [0.2, 0.25) is 0 Å². The van der Waals surface area contributed by atoms with Crippen LogP contribution in [0.25, 0.3) is 99.9 Å². The van der Waals surface area contributed by atoms with Crippen molar-refractivity contribution in [3.05, 3.63) is 176 Å². The molecule has 0 aliphatic rings. The van der Waals surface area contributed by atoms with Gasteiger partial charge in [-0.15, -0.1) is 0 Å². The maximum absolute atomic E-state index is 6.45. The van der Waals surface area contributed by atoms with Crippen LogP contribution in [-0.2, 0) is 0 Å². The third-order valence-electron chi connectivity index (χ3n) is 9.73. The molecule has 10 aromatic rings. The fraction of sp³-hybridized carbons (Fsp3) is 0. The summed E-state index contributed by atoms with van der Waals surface area (Å²) in [5.41, 5.74) is 9.13. The van der Waals surface area contributed by atoms with E-state index in [2.05, 4.69) is 127 Å². The van der Waals surface area contributed by atoms with Crippen LogP contribution in [0.3, 0.4) is 0 Å². The quantitative estimate of drug-likeness (QED) is 0.186. The molecule has 0 saturated carbocycles. The van der Waals surface area contributed by atoms with E-state index in [1.807, 2.05) is 48.5 Å². The Labute approximate surface area is 294 Å². The molecule has 0 unspecified atom stereocenters. The van der Waals surface area contributed by atoms with Gasteiger partial charge < -0.3 is 4.42 Å². The zero-order valence-electron chi connectivity index (χ0n) is 27.5. The van der Waals surface area contributed by atoms with Crippen LogP contribution >= 0.6 is 0 Å². The molecular weight excluding hydrogens is 623 g/mol. The van der Waals surface area contributed by atoms with E-state index in [9.17, 15) is 0 Å². The van der Waals surface area contributed by atoms with Gasteiger partial charge in [-0.2, -0.15) is 0 Å². The largest absolute Gasteiger partial charge is 0.456 e. The molecule has 2 heterocycles. The molecule has 51 heavy (non-hydrogen) atoms. The van der Waals surface area contributed by atoms with Crippen molar-refractivity contribution in [1.29, 1.82) is 0 Å². The highest BCUT2D eigenvalue weighted by molar-refractivity contribution is 6.20. The fourth-order valence-corrected chi connectivity index (χ4v) is 7.17. The van der Waals surface area contributed by atoms with Crippen LogP contribution in [0.15, 0.2) is 180 Å². The van der Waals surface area contributed by atoms with Crippen LogP contribution in [0, 0.1) is 0 Å². The van der Waals surface area contributed by atoms with E-state index in [-0.39, 0.29) is 0 Å². The molecule has 4 heteroatoms. The van der Waals surface area contributed by atoms with Gasteiger partial charge in [0.05, 0.1) is 0 Å². The number of fused-ring (bicyclic) bond motifs is 6. The highest BCUT2D eigenvalue weighted by Crippen LogP contribution is 2.39. The van der Waals surface area contributed by atoms with Crippen LogP contribution < -0.4 is 0 Å². The van der Waals surface area contributed by atoms with Crippen LogP contribution in [0.5, 0.6) is 0 Å². The Kier molecular flexibility index (Phi) is 6.78. The second kappa shape index (κ2) is 11.9. The molecule has 0 N–H and O–H groups in total. The van der Waals surface area contributed by atoms with E-state index in [1.54, 1.807) is 0 Å². The van der Waals surface area contributed by atoms with Crippen molar-refractivity contribution in [2.24, 2.45) is 0 Å². The molecule has 238 valence electrons. The minimum Gasteiger partial charge on any atom is -0.456 e.